The van der Waals surface area contributed by atoms with Crippen molar-refractivity contribution in [2.45, 2.75) is 90.9 Å². The van der Waals surface area contributed by atoms with Gasteiger partial charge in [0.1, 0.15) is 22.5 Å². The monoisotopic (exact) mass is 845 g/mol. The van der Waals surface area contributed by atoms with Crippen LogP contribution in [0.4, 0.5) is 17.1 Å². The Morgan fingerprint density at radius 2 is 0.855 bits per heavy atom. The molecule has 0 bridgehead atoms. The number of thiophene rings is 1. The summed E-state index contributed by atoms with van der Waals surface area (Å²) in [5.41, 5.74) is 9.67. The van der Waals surface area contributed by atoms with Gasteiger partial charge < -0.3 is 19.1 Å². The van der Waals surface area contributed by atoms with Gasteiger partial charge in [-0.25, -0.2) is 4.79 Å². The van der Waals surface area contributed by atoms with Gasteiger partial charge in [-0.1, -0.05) is 127 Å². The van der Waals surface area contributed by atoms with Gasteiger partial charge in [0.15, 0.2) is 0 Å². The predicted octanol–water partition coefficient (Wildman–Crippen LogP) is 15.4. The van der Waals surface area contributed by atoms with Crippen LogP contribution in [0.15, 0.2) is 134 Å². The van der Waals surface area contributed by atoms with Gasteiger partial charge in [0.25, 0.3) is 0 Å². The van der Waals surface area contributed by atoms with Crippen molar-refractivity contribution in [2.75, 3.05) is 25.2 Å². The predicted molar refractivity (Wildman–Crippen MR) is 257 cm³/mol. The van der Waals surface area contributed by atoms with Crippen molar-refractivity contribution in [1.82, 2.24) is 9.97 Å². The quantitative estimate of drug-likeness (QED) is 0.0469. The van der Waals surface area contributed by atoms with Crippen molar-refractivity contribution in [3.63, 3.8) is 0 Å². The number of carbonyl (C=O) groups excluding carboxylic acids is 1. The first-order chi connectivity index (χ1) is 30.6. The lowest BCUT2D eigenvalue weighted by Crippen LogP contribution is -2.10. The van der Waals surface area contributed by atoms with E-state index in [0.29, 0.717) is 5.56 Å². The molecule has 0 atom stereocenters. The smallest absolute Gasteiger partial charge is 0.337 e. The molecule has 0 saturated heterocycles. The van der Waals surface area contributed by atoms with E-state index in [2.05, 4.69) is 116 Å². The van der Waals surface area contributed by atoms with Gasteiger partial charge in [0, 0.05) is 29.5 Å². The third-order valence-electron chi connectivity index (χ3n) is 11.2. The fourth-order valence-corrected chi connectivity index (χ4v) is 8.93. The minimum Gasteiger partial charge on any atom is -0.494 e. The maximum Gasteiger partial charge on any atom is 0.337 e. The molecule has 62 heavy (non-hydrogen) atoms. The number of unbranched alkanes of at least 4 members (excludes halogenated alkanes) is 10. The fraction of sp³-hybridized carbons (Fsp3) is 0.315. The van der Waals surface area contributed by atoms with E-state index in [-0.39, 0.29) is 5.97 Å². The van der Waals surface area contributed by atoms with Crippen molar-refractivity contribution in [2.24, 2.45) is 0 Å². The van der Waals surface area contributed by atoms with E-state index < -0.39 is 0 Å². The Labute approximate surface area is 371 Å². The van der Waals surface area contributed by atoms with Crippen LogP contribution in [-0.2, 0) is 4.74 Å². The SMILES string of the molecule is CCCCCCCCOc1ccc(N(c2ccc(OCCCCCCCC)cc2)c2ccc(-c3ccc(-c4sc(-c5ccc(C(=O)OC)cc5)c5nccnc45)cc3)cc2)cc1. The number of hydrogen-bond donors (Lipinski definition) is 0. The lowest BCUT2D eigenvalue weighted by molar-refractivity contribution is 0.0600. The minimum atomic E-state index is -0.357. The fourth-order valence-electron chi connectivity index (χ4n) is 7.73. The molecule has 0 unspecified atom stereocenters. The van der Waals surface area contributed by atoms with Gasteiger partial charge in [0.2, 0.25) is 0 Å². The van der Waals surface area contributed by atoms with E-state index in [9.17, 15) is 4.79 Å². The van der Waals surface area contributed by atoms with Gasteiger partial charge in [0.05, 0.1) is 35.6 Å². The first-order valence-corrected chi connectivity index (χ1v) is 23.3. The van der Waals surface area contributed by atoms with Gasteiger partial charge in [-0.15, -0.1) is 11.3 Å². The summed E-state index contributed by atoms with van der Waals surface area (Å²) in [5.74, 6) is 1.43. The van der Waals surface area contributed by atoms with E-state index in [1.54, 1.807) is 35.9 Å². The number of fused-ring (bicyclic) bond motifs is 1. The van der Waals surface area contributed by atoms with Crippen molar-refractivity contribution < 1.29 is 19.0 Å². The zero-order valence-electron chi connectivity index (χ0n) is 36.5. The molecule has 7 nitrogen and oxygen atoms in total. The van der Waals surface area contributed by atoms with Crippen molar-refractivity contribution >= 4 is 45.4 Å². The van der Waals surface area contributed by atoms with Gasteiger partial charge >= 0.3 is 5.97 Å². The molecule has 0 aliphatic rings. The molecule has 7 rings (SSSR count). The second-order valence-electron chi connectivity index (χ2n) is 15.8. The largest absolute Gasteiger partial charge is 0.494 e. The molecule has 0 aliphatic heterocycles. The van der Waals surface area contributed by atoms with E-state index in [0.717, 1.165) is 97.7 Å². The third-order valence-corrected chi connectivity index (χ3v) is 12.5. The van der Waals surface area contributed by atoms with Crippen LogP contribution in [0.5, 0.6) is 11.5 Å². The van der Waals surface area contributed by atoms with E-state index in [1.807, 2.05) is 12.1 Å². The Morgan fingerprint density at radius 1 is 0.484 bits per heavy atom. The zero-order valence-corrected chi connectivity index (χ0v) is 37.3. The number of anilines is 3. The van der Waals surface area contributed by atoms with Crippen LogP contribution < -0.4 is 14.4 Å². The van der Waals surface area contributed by atoms with Gasteiger partial charge in [-0.2, -0.15) is 0 Å². The van der Waals surface area contributed by atoms with Crippen LogP contribution in [0.3, 0.4) is 0 Å². The number of nitrogens with zero attached hydrogens (tertiary/aromatic N) is 3. The Morgan fingerprint density at radius 3 is 1.29 bits per heavy atom. The Kier molecular flexibility index (Phi) is 16.2. The maximum absolute atomic E-state index is 12.0. The molecule has 0 radical (unpaired) electrons. The Bertz CT molecular complexity index is 2370. The first kappa shape index (κ1) is 44.1. The Hall–Kier alpha value is -5.99. The summed E-state index contributed by atoms with van der Waals surface area (Å²) in [5, 5.41) is 0. The summed E-state index contributed by atoms with van der Waals surface area (Å²) in [6, 6.07) is 41.8. The highest BCUT2D eigenvalue weighted by molar-refractivity contribution is 7.20. The third kappa shape index (κ3) is 11.5. The standard InChI is InChI=1S/C54H59N3O4S/c1-4-6-8-10-12-14-38-60-48-32-28-46(29-33-48)57(47-30-34-49(35-31-47)61-39-15-13-11-9-7-5-2)45-26-24-41(25-27-45)40-16-18-42(19-17-40)52-50-51(56-37-36-55-50)53(62-52)43-20-22-44(23-21-43)54(58)59-3/h16-37H,4-15,38-39H2,1-3H3. The second-order valence-corrected chi connectivity index (χ2v) is 16.8. The molecule has 0 amide bonds. The van der Waals surface area contributed by atoms with Crippen LogP contribution >= 0.6 is 11.3 Å². The number of esters is 1. The summed E-state index contributed by atoms with van der Waals surface area (Å²) in [6.45, 7) is 5.99. The number of methoxy groups -OCH3 is 1. The summed E-state index contributed by atoms with van der Waals surface area (Å²) in [6.07, 6.45) is 18.4. The van der Waals surface area contributed by atoms with Crippen molar-refractivity contribution in [3.05, 3.63) is 139 Å². The van der Waals surface area contributed by atoms with Crippen molar-refractivity contribution in [3.8, 4) is 43.5 Å². The highest BCUT2D eigenvalue weighted by Crippen LogP contribution is 2.43. The second kappa shape index (κ2) is 22.7. The normalized spacial score (nSPS) is 11.1. The van der Waals surface area contributed by atoms with Crippen LogP contribution in [0, 0.1) is 0 Å². The average Bonchev–Trinajstić information content (AvgIpc) is 3.72. The highest BCUT2D eigenvalue weighted by Gasteiger charge is 2.18. The summed E-state index contributed by atoms with van der Waals surface area (Å²) in [7, 11) is 1.39. The van der Waals surface area contributed by atoms with E-state index >= 15 is 0 Å². The first-order valence-electron chi connectivity index (χ1n) is 22.4. The molecule has 5 aromatic carbocycles. The highest BCUT2D eigenvalue weighted by atomic mass is 32.1. The lowest BCUT2D eigenvalue weighted by Gasteiger charge is -2.26. The van der Waals surface area contributed by atoms with E-state index in [1.165, 1.54) is 71.3 Å². The van der Waals surface area contributed by atoms with Crippen LogP contribution in [0.2, 0.25) is 0 Å². The molecule has 0 fully saturated rings. The van der Waals surface area contributed by atoms with Crippen LogP contribution in [0.1, 0.15) is 101 Å². The molecule has 0 aliphatic carbocycles. The number of benzene rings is 5. The molecule has 0 spiro atoms. The number of rotatable bonds is 23. The zero-order chi connectivity index (χ0) is 42.9. The lowest BCUT2D eigenvalue weighted by atomic mass is 10.0. The molecule has 320 valence electrons. The molecule has 8 heteroatoms. The number of carbonyl (C=O) groups is 1. The van der Waals surface area contributed by atoms with Crippen LogP contribution in [0.25, 0.3) is 43.0 Å². The number of aromatic nitrogens is 2. The van der Waals surface area contributed by atoms with Gasteiger partial charge in [-0.05, 0) is 108 Å². The molecule has 2 heterocycles. The molecular weight excluding hydrogens is 787 g/mol. The maximum atomic E-state index is 12.0. The molecule has 7 aromatic rings. The molecule has 0 saturated carbocycles. The van der Waals surface area contributed by atoms with E-state index in [4.69, 9.17) is 24.2 Å². The Balaban J connectivity index is 1.08. The van der Waals surface area contributed by atoms with Crippen molar-refractivity contribution in [1.29, 1.82) is 0 Å². The average molecular weight is 846 g/mol. The molecule has 2 aromatic heterocycles. The molecular formula is C54H59N3O4S. The summed E-state index contributed by atoms with van der Waals surface area (Å²) >= 11 is 1.66. The molecule has 0 N–H and O–H groups in total. The number of ether oxygens (including phenoxy) is 3. The minimum absolute atomic E-state index is 0.357. The van der Waals surface area contributed by atoms with Crippen LogP contribution in [-0.4, -0.2) is 36.3 Å². The summed E-state index contributed by atoms with van der Waals surface area (Å²) in [4.78, 5) is 25.8. The number of hydrogen-bond acceptors (Lipinski definition) is 8. The topological polar surface area (TPSA) is 73.8 Å². The van der Waals surface area contributed by atoms with Gasteiger partial charge in [-0.3, -0.25) is 9.97 Å². The summed E-state index contributed by atoms with van der Waals surface area (Å²) < 4.78 is 17.2.